The van der Waals surface area contributed by atoms with Crippen LogP contribution in [0.5, 0.6) is 5.75 Å². The third-order valence-corrected chi connectivity index (χ3v) is 6.94. The van der Waals surface area contributed by atoms with E-state index in [1.807, 2.05) is 28.8 Å². The molecule has 0 aliphatic carbocycles. The molecule has 0 radical (unpaired) electrons. The summed E-state index contributed by atoms with van der Waals surface area (Å²) in [6.45, 7) is 5.29. The van der Waals surface area contributed by atoms with E-state index in [2.05, 4.69) is 40.2 Å². The summed E-state index contributed by atoms with van der Waals surface area (Å²) in [6.07, 6.45) is 5.92. The third kappa shape index (κ3) is 3.45. The molecule has 34 heavy (non-hydrogen) atoms. The Bertz CT molecular complexity index is 1380. The number of methoxy groups -OCH3 is 1. The van der Waals surface area contributed by atoms with Crippen molar-refractivity contribution in [3.05, 3.63) is 60.0 Å². The van der Waals surface area contributed by atoms with Crippen molar-refractivity contribution in [1.29, 1.82) is 0 Å². The molecular formula is C26H28N6O2. The molecule has 174 valence electrons. The van der Waals surface area contributed by atoms with Crippen LogP contribution in [0.15, 0.2) is 48.8 Å². The van der Waals surface area contributed by atoms with Gasteiger partial charge in [-0.2, -0.15) is 5.10 Å². The van der Waals surface area contributed by atoms with E-state index in [0.29, 0.717) is 30.6 Å². The zero-order valence-electron chi connectivity index (χ0n) is 19.5. The number of ether oxygens (including phenoxy) is 1. The van der Waals surface area contributed by atoms with E-state index in [1.54, 1.807) is 18.2 Å². The van der Waals surface area contributed by atoms with Crippen molar-refractivity contribution in [3.8, 4) is 17.1 Å². The number of anilines is 1. The number of hydrogen-bond donors (Lipinski definition) is 1. The van der Waals surface area contributed by atoms with Gasteiger partial charge in [-0.1, -0.05) is 23.8 Å². The maximum atomic E-state index is 13.6. The third-order valence-electron chi connectivity index (χ3n) is 6.94. The van der Waals surface area contributed by atoms with Gasteiger partial charge in [-0.3, -0.25) is 9.48 Å². The fourth-order valence-electron chi connectivity index (χ4n) is 5.15. The highest BCUT2D eigenvalue weighted by atomic mass is 16.5. The summed E-state index contributed by atoms with van der Waals surface area (Å²) in [4.78, 5) is 20.0. The number of benzene rings is 2. The van der Waals surface area contributed by atoms with Crippen LogP contribution < -0.4 is 15.0 Å². The molecule has 2 aliphatic rings. The Hall–Kier alpha value is -3.65. The fourth-order valence-corrected chi connectivity index (χ4v) is 5.15. The molecule has 1 saturated heterocycles. The van der Waals surface area contributed by atoms with Gasteiger partial charge in [0, 0.05) is 36.3 Å². The van der Waals surface area contributed by atoms with Crippen LogP contribution >= 0.6 is 0 Å². The van der Waals surface area contributed by atoms with Gasteiger partial charge < -0.3 is 19.5 Å². The second-order valence-electron chi connectivity index (χ2n) is 9.12. The van der Waals surface area contributed by atoms with Gasteiger partial charge in [0.15, 0.2) is 0 Å². The minimum atomic E-state index is -0.0685. The normalized spacial score (nSPS) is 16.8. The average molecular weight is 457 g/mol. The van der Waals surface area contributed by atoms with Gasteiger partial charge in [-0.25, -0.2) is 4.98 Å². The number of carbonyl (C=O) groups excluding carboxylic acids is 1. The molecule has 1 fully saturated rings. The number of aromatic nitrogens is 4. The predicted octanol–water partition coefficient (Wildman–Crippen LogP) is 3.80. The first kappa shape index (κ1) is 20.9. The van der Waals surface area contributed by atoms with Crippen LogP contribution in [-0.2, 0) is 6.54 Å². The van der Waals surface area contributed by atoms with E-state index in [1.165, 1.54) is 5.56 Å². The van der Waals surface area contributed by atoms with Crippen molar-refractivity contribution in [2.45, 2.75) is 32.4 Å². The summed E-state index contributed by atoms with van der Waals surface area (Å²) in [5.74, 6) is 1.42. The van der Waals surface area contributed by atoms with E-state index in [0.717, 1.165) is 53.9 Å². The summed E-state index contributed by atoms with van der Waals surface area (Å²) >= 11 is 0. The molecule has 4 aromatic rings. The minimum absolute atomic E-state index is 0.0685. The van der Waals surface area contributed by atoms with E-state index in [4.69, 9.17) is 9.84 Å². The van der Waals surface area contributed by atoms with Crippen LogP contribution in [-0.4, -0.2) is 52.0 Å². The van der Waals surface area contributed by atoms with Gasteiger partial charge in [-0.15, -0.1) is 0 Å². The van der Waals surface area contributed by atoms with Crippen molar-refractivity contribution >= 4 is 22.5 Å². The fraction of sp³-hybridized carbons (Fsp3) is 0.346. The summed E-state index contributed by atoms with van der Waals surface area (Å²) in [6, 6.07) is 12.6. The number of fused-ring (bicyclic) bond motifs is 2. The number of piperidine rings is 1. The Morgan fingerprint density at radius 2 is 1.97 bits per heavy atom. The van der Waals surface area contributed by atoms with Crippen LogP contribution in [0.4, 0.5) is 5.69 Å². The highest BCUT2D eigenvalue weighted by Crippen LogP contribution is 2.36. The Balaban J connectivity index is 1.35. The monoisotopic (exact) mass is 456 g/mol. The summed E-state index contributed by atoms with van der Waals surface area (Å²) in [7, 11) is 1.64. The topological polar surface area (TPSA) is 77.2 Å². The number of carbonyl (C=O) groups is 1. The molecule has 0 atom stereocenters. The number of amides is 1. The Morgan fingerprint density at radius 3 is 2.76 bits per heavy atom. The lowest BCUT2D eigenvalue weighted by Gasteiger charge is -2.29. The van der Waals surface area contributed by atoms with E-state index in [9.17, 15) is 4.79 Å². The molecule has 0 saturated carbocycles. The van der Waals surface area contributed by atoms with Gasteiger partial charge >= 0.3 is 0 Å². The van der Waals surface area contributed by atoms with Gasteiger partial charge in [-0.05, 0) is 45.0 Å². The zero-order chi connectivity index (χ0) is 23.2. The summed E-state index contributed by atoms with van der Waals surface area (Å²) < 4.78 is 9.81. The standard InChI is InChI=1S/C26H28N6O2/c1-17-4-3-5-18(12-17)25-28-15-23-26(33)31(11-10-30(23)25)22-13-19-16-32(20-6-8-27-9-7-20)29-21(19)14-24(22)34-2/h3-5,12-16,20,27H,6-11H2,1-2H3. The maximum absolute atomic E-state index is 13.6. The number of aryl methyl sites for hydroxylation is 1. The second-order valence-corrected chi connectivity index (χ2v) is 9.12. The smallest absolute Gasteiger partial charge is 0.276 e. The van der Waals surface area contributed by atoms with Crippen molar-refractivity contribution in [2.75, 3.05) is 31.6 Å². The molecule has 2 aromatic heterocycles. The van der Waals surface area contributed by atoms with Crippen LogP contribution in [0.2, 0.25) is 0 Å². The quantitative estimate of drug-likeness (QED) is 0.505. The van der Waals surface area contributed by atoms with Crippen LogP contribution in [0.1, 0.15) is 34.9 Å². The van der Waals surface area contributed by atoms with E-state index < -0.39 is 0 Å². The largest absolute Gasteiger partial charge is 0.494 e. The van der Waals surface area contributed by atoms with Crippen LogP contribution in [0.25, 0.3) is 22.3 Å². The molecule has 2 aromatic carbocycles. The first-order chi connectivity index (χ1) is 16.6. The molecule has 6 rings (SSSR count). The Labute approximate surface area is 198 Å². The van der Waals surface area contributed by atoms with Gasteiger partial charge in [0.1, 0.15) is 17.3 Å². The van der Waals surface area contributed by atoms with Gasteiger partial charge in [0.25, 0.3) is 5.91 Å². The summed E-state index contributed by atoms with van der Waals surface area (Å²) in [5.41, 5.74) is 4.44. The molecule has 0 unspecified atom stereocenters. The molecule has 4 heterocycles. The van der Waals surface area contributed by atoms with Crippen molar-refractivity contribution in [2.24, 2.45) is 0 Å². The van der Waals surface area contributed by atoms with E-state index in [-0.39, 0.29) is 5.91 Å². The first-order valence-electron chi connectivity index (χ1n) is 11.8. The number of rotatable bonds is 4. The Morgan fingerprint density at radius 1 is 1.12 bits per heavy atom. The number of nitrogens with zero attached hydrogens (tertiary/aromatic N) is 5. The highest BCUT2D eigenvalue weighted by Gasteiger charge is 2.31. The van der Waals surface area contributed by atoms with Gasteiger partial charge in [0.2, 0.25) is 0 Å². The first-order valence-corrected chi connectivity index (χ1v) is 11.8. The van der Waals surface area contributed by atoms with Crippen molar-refractivity contribution in [3.63, 3.8) is 0 Å². The van der Waals surface area contributed by atoms with Crippen molar-refractivity contribution < 1.29 is 9.53 Å². The van der Waals surface area contributed by atoms with Crippen molar-refractivity contribution in [1.82, 2.24) is 24.6 Å². The van der Waals surface area contributed by atoms with Crippen LogP contribution in [0, 0.1) is 6.92 Å². The average Bonchev–Trinajstić information content (AvgIpc) is 3.48. The Kier molecular flexibility index (Phi) is 5.10. The SMILES string of the molecule is COc1cc2nn(C3CCNCC3)cc2cc1N1CCn2c(cnc2-c2cccc(C)c2)C1=O. The lowest BCUT2D eigenvalue weighted by molar-refractivity contribution is 0.0965. The van der Waals surface area contributed by atoms with Gasteiger partial charge in [0.05, 0.1) is 30.6 Å². The predicted molar refractivity (Wildman–Crippen MR) is 132 cm³/mol. The zero-order valence-corrected chi connectivity index (χ0v) is 19.5. The second kappa shape index (κ2) is 8.29. The molecule has 8 nitrogen and oxygen atoms in total. The number of hydrogen-bond acceptors (Lipinski definition) is 5. The lowest BCUT2D eigenvalue weighted by Crippen LogP contribution is -2.40. The molecular weight excluding hydrogens is 428 g/mol. The number of nitrogens with one attached hydrogen (secondary N) is 1. The molecule has 2 aliphatic heterocycles. The number of imidazole rings is 1. The molecule has 0 bridgehead atoms. The van der Waals surface area contributed by atoms with Crippen LogP contribution in [0.3, 0.4) is 0 Å². The minimum Gasteiger partial charge on any atom is -0.494 e. The molecule has 1 amide bonds. The van der Waals surface area contributed by atoms with E-state index >= 15 is 0 Å². The lowest BCUT2D eigenvalue weighted by atomic mass is 10.1. The summed E-state index contributed by atoms with van der Waals surface area (Å²) in [5, 5.41) is 9.24. The molecule has 8 heteroatoms. The molecule has 1 N–H and O–H groups in total. The molecule has 0 spiro atoms. The maximum Gasteiger partial charge on any atom is 0.276 e. The highest BCUT2D eigenvalue weighted by molar-refractivity contribution is 6.08.